The number of rotatable bonds is 5. The average Bonchev–Trinajstić information content (AvgIpc) is 2.46. The van der Waals surface area contributed by atoms with E-state index in [1.807, 2.05) is 24.3 Å². The minimum atomic E-state index is -0.0105. The lowest BCUT2D eigenvalue weighted by atomic mass is 9.95. The van der Waals surface area contributed by atoms with Gasteiger partial charge in [-0.05, 0) is 66.4 Å². The summed E-state index contributed by atoms with van der Waals surface area (Å²) in [6.07, 6.45) is 2.08. The first-order valence-corrected chi connectivity index (χ1v) is 7.81. The van der Waals surface area contributed by atoms with E-state index in [-0.39, 0.29) is 5.54 Å². The Kier molecular flexibility index (Phi) is 5.03. The molecular formula is C18H19BrN2. The van der Waals surface area contributed by atoms with Crippen LogP contribution < -0.4 is 5.32 Å². The predicted octanol–water partition coefficient (Wildman–Crippen LogP) is 5.14. The monoisotopic (exact) mass is 342 g/mol. The van der Waals surface area contributed by atoms with Crippen LogP contribution in [0.2, 0.25) is 0 Å². The van der Waals surface area contributed by atoms with Crippen molar-refractivity contribution in [2.75, 3.05) is 5.32 Å². The molecule has 2 rings (SSSR count). The van der Waals surface area contributed by atoms with E-state index in [1.165, 1.54) is 5.56 Å². The topological polar surface area (TPSA) is 35.8 Å². The van der Waals surface area contributed by atoms with Gasteiger partial charge in [-0.3, -0.25) is 0 Å². The Morgan fingerprint density at radius 2 is 1.86 bits per heavy atom. The third kappa shape index (κ3) is 4.61. The molecule has 0 heterocycles. The molecule has 3 heteroatoms. The van der Waals surface area contributed by atoms with Crippen molar-refractivity contribution >= 4 is 21.6 Å². The van der Waals surface area contributed by atoms with E-state index in [0.29, 0.717) is 5.56 Å². The maximum atomic E-state index is 8.95. The van der Waals surface area contributed by atoms with Crippen LogP contribution in [0.5, 0.6) is 0 Å². The first-order chi connectivity index (χ1) is 10.00. The summed E-state index contributed by atoms with van der Waals surface area (Å²) in [5, 5.41) is 12.5. The molecule has 0 aliphatic carbocycles. The summed E-state index contributed by atoms with van der Waals surface area (Å²) in [4.78, 5) is 0. The Bertz CT molecular complexity index is 642. The summed E-state index contributed by atoms with van der Waals surface area (Å²) in [6, 6.07) is 18.4. The minimum absolute atomic E-state index is 0.0105. The van der Waals surface area contributed by atoms with Crippen molar-refractivity contribution < 1.29 is 0 Å². The van der Waals surface area contributed by atoms with Gasteiger partial charge in [0.25, 0.3) is 0 Å². The van der Waals surface area contributed by atoms with E-state index in [9.17, 15) is 0 Å². The highest BCUT2D eigenvalue weighted by atomic mass is 79.9. The third-order valence-electron chi connectivity index (χ3n) is 3.45. The van der Waals surface area contributed by atoms with E-state index in [0.717, 1.165) is 23.0 Å². The molecule has 0 aliphatic rings. The zero-order chi connectivity index (χ0) is 15.3. The molecule has 2 nitrogen and oxygen atoms in total. The van der Waals surface area contributed by atoms with E-state index in [1.54, 1.807) is 0 Å². The molecule has 0 bridgehead atoms. The van der Waals surface area contributed by atoms with Crippen LogP contribution in [-0.2, 0) is 6.42 Å². The van der Waals surface area contributed by atoms with Crippen molar-refractivity contribution in [2.45, 2.75) is 32.2 Å². The Morgan fingerprint density at radius 1 is 1.14 bits per heavy atom. The predicted molar refractivity (Wildman–Crippen MR) is 91.3 cm³/mol. The van der Waals surface area contributed by atoms with Gasteiger partial charge in [-0.1, -0.05) is 30.3 Å². The number of nitrogens with zero attached hydrogens (tertiary/aromatic N) is 1. The highest BCUT2D eigenvalue weighted by Gasteiger charge is 2.17. The molecule has 1 N–H and O–H groups in total. The number of halogens is 1. The van der Waals surface area contributed by atoms with Gasteiger partial charge in [-0.25, -0.2) is 0 Å². The number of nitrogens with one attached hydrogen (secondary N) is 1. The molecule has 0 aromatic heterocycles. The second kappa shape index (κ2) is 6.78. The highest BCUT2D eigenvalue weighted by molar-refractivity contribution is 9.10. The van der Waals surface area contributed by atoms with Crippen LogP contribution in [0.1, 0.15) is 31.4 Å². The Hall–Kier alpha value is -1.79. The van der Waals surface area contributed by atoms with Crippen LogP contribution >= 0.6 is 15.9 Å². The highest BCUT2D eigenvalue weighted by Crippen LogP contribution is 2.25. The van der Waals surface area contributed by atoms with Crippen LogP contribution in [0.4, 0.5) is 5.69 Å². The summed E-state index contributed by atoms with van der Waals surface area (Å²) in [5.41, 5.74) is 3.03. The van der Waals surface area contributed by atoms with E-state index >= 15 is 0 Å². The smallest absolute Gasteiger partial charge is 0.100 e. The van der Waals surface area contributed by atoms with E-state index in [2.05, 4.69) is 65.4 Å². The van der Waals surface area contributed by atoms with Gasteiger partial charge in [0, 0.05) is 15.7 Å². The van der Waals surface area contributed by atoms with Crippen molar-refractivity contribution in [3.8, 4) is 6.07 Å². The maximum Gasteiger partial charge on any atom is 0.100 e. The van der Waals surface area contributed by atoms with Gasteiger partial charge in [0.1, 0.15) is 6.07 Å². The van der Waals surface area contributed by atoms with Crippen LogP contribution in [0, 0.1) is 11.3 Å². The summed E-state index contributed by atoms with van der Waals surface area (Å²) in [5.74, 6) is 0. The van der Waals surface area contributed by atoms with Gasteiger partial charge >= 0.3 is 0 Å². The Labute approximate surface area is 134 Å². The summed E-state index contributed by atoms with van der Waals surface area (Å²) < 4.78 is 0.828. The van der Waals surface area contributed by atoms with Crippen molar-refractivity contribution in [2.24, 2.45) is 0 Å². The lowest BCUT2D eigenvalue weighted by Crippen LogP contribution is -2.31. The van der Waals surface area contributed by atoms with E-state index < -0.39 is 0 Å². The molecule has 0 fully saturated rings. The maximum absolute atomic E-state index is 8.95. The van der Waals surface area contributed by atoms with E-state index in [4.69, 9.17) is 5.26 Å². The summed E-state index contributed by atoms with van der Waals surface area (Å²) in [6.45, 7) is 4.39. The fourth-order valence-electron chi connectivity index (χ4n) is 2.24. The molecule has 0 unspecified atom stereocenters. The van der Waals surface area contributed by atoms with Crippen molar-refractivity contribution in [3.05, 3.63) is 64.1 Å². The zero-order valence-corrected chi connectivity index (χ0v) is 13.9. The minimum Gasteiger partial charge on any atom is -0.380 e. The van der Waals surface area contributed by atoms with Gasteiger partial charge in [0.05, 0.1) is 5.56 Å². The lowest BCUT2D eigenvalue weighted by molar-refractivity contribution is 0.518. The molecule has 0 amide bonds. The Morgan fingerprint density at radius 3 is 2.48 bits per heavy atom. The third-order valence-corrected chi connectivity index (χ3v) is 4.11. The van der Waals surface area contributed by atoms with Gasteiger partial charge < -0.3 is 5.32 Å². The van der Waals surface area contributed by atoms with Gasteiger partial charge in [-0.15, -0.1) is 0 Å². The first kappa shape index (κ1) is 15.6. The molecule has 0 atom stereocenters. The molecule has 0 aliphatic heterocycles. The van der Waals surface area contributed by atoms with Crippen LogP contribution in [0.15, 0.2) is 53.0 Å². The van der Waals surface area contributed by atoms with Crippen molar-refractivity contribution in [3.63, 3.8) is 0 Å². The number of hydrogen-bond acceptors (Lipinski definition) is 2. The first-order valence-electron chi connectivity index (χ1n) is 7.02. The second-order valence-corrected chi connectivity index (χ2v) is 6.66. The fraction of sp³-hybridized carbons (Fsp3) is 0.278. The quantitative estimate of drug-likeness (QED) is 0.815. The van der Waals surface area contributed by atoms with Crippen LogP contribution in [-0.4, -0.2) is 5.54 Å². The number of nitriles is 1. The standard InChI is InChI=1S/C18H19BrN2/c1-18(2,11-10-14-6-4-3-5-7-14)21-16-9-8-15(13-20)17(19)12-16/h3-9,12,21H,10-11H2,1-2H3. The molecule has 2 aromatic rings. The molecule has 108 valence electrons. The molecule has 0 saturated carbocycles. The largest absolute Gasteiger partial charge is 0.380 e. The molecule has 21 heavy (non-hydrogen) atoms. The summed E-state index contributed by atoms with van der Waals surface area (Å²) in [7, 11) is 0. The van der Waals surface area contributed by atoms with Gasteiger partial charge in [0.2, 0.25) is 0 Å². The SMILES string of the molecule is CC(C)(CCc1ccccc1)Nc1ccc(C#N)c(Br)c1. The lowest BCUT2D eigenvalue weighted by Gasteiger charge is -2.28. The van der Waals surface area contributed by atoms with Crippen LogP contribution in [0.25, 0.3) is 0 Å². The Balaban J connectivity index is 2.00. The van der Waals surface area contributed by atoms with Crippen molar-refractivity contribution in [1.82, 2.24) is 0 Å². The molecule has 2 aromatic carbocycles. The zero-order valence-electron chi connectivity index (χ0n) is 12.4. The van der Waals surface area contributed by atoms with Crippen molar-refractivity contribution in [1.29, 1.82) is 5.26 Å². The van der Waals surface area contributed by atoms with Gasteiger partial charge in [-0.2, -0.15) is 5.26 Å². The average molecular weight is 343 g/mol. The summed E-state index contributed by atoms with van der Waals surface area (Å²) >= 11 is 3.43. The molecule has 0 saturated heterocycles. The molecular weight excluding hydrogens is 324 g/mol. The molecule has 0 spiro atoms. The van der Waals surface area contributed by atoms with Gasteiger partial charge in [0.15, 0.2) is 0 Å². The number of aryl methyl sites for hydroxylation is 1. The number of benzene rings is 2. The van der Waals surface area contributed by atoms with Crippen LogP contribution in [0.3, 0.4) is 0 Å². The number of hydrogen-bond donors (Lipinski definition) is 1. The fourth-order valence-corrected chi connectivity index (χ4v) is 2.71. The molecule has 0 radical (unpaired) electrons. The second-order valence-electron chi connectivity index (χ2n) is 5.80. The number of anilines is 1. The normalized spacial score (nSPS) is 11.0.